The molecule has 3 rings (SSSR count). The number of aliphatic imine (C=N–C) groups is 1. The predicted octanol–water partition coefficient (Wildman–Crippen LogP) is 3.43. The molecule has 0 amide bonds. The lowest BCUT2D eigenvalue weighted by molar-refractivity contribution is 0.459. The Morgan fingerprint density at radius 1 is 1.21 bits per heavy atom. The number of hydrogen-bond acceptors (Lipinski definition) is 3. The summed E-state index contributed by atoms with van der Waals surface area (Å²) in [5.74, 6) is 0.694. The monoisotopic (exact) mass is 401 g/mol. The van der Waals surface area contributed by atoms with E-state index in [1.807, 2.05) is 26.0 Å². The quantitative estimate of drug-likeness (QED) is 0.575. The van der Waals surface area contributed by atoms with Crippen molar-refractivity contribution in [2.24, 2.45) is 4.99 Å². The lowest BCUT2D eigenvalue weighted by Gasteiger charge is -2.34. The fourth-order valence-electron chi connectivity index (χ4n) is 3.48. The fourth-order valence-corrected chi connectivity index (χ4v) is 3.48. The number of halogens is 2. The summed E-state index contributed by atoms with van der Waals surface area (Å²) in [6.45, 7) is 7.09. The van der Waals surface area contributed by atoms with Gasteiger partial charge in [0, 0.05) is 44.0 Å². The zero-order chi connectivity index (χ0) is 20.6. The van der Waals surface area contributed by atoms with E-state index >= 15 is 0 Å². The van der Waals surface area contributed by atoms with Crippen molar-refractivity contribution in [2.45, 2.75) is 39.2 Å². The highest BCUT2D eigenvalue weighted by atomic mass is 19.1. The Kier molecular flexibility index (Phi) is 7.38. The molecule has 0 radical (unpaired) electrons. The molecule has 1 aromatic carbocycles. The van der Waals surface area contributed by atoms with E-state index in [1.165, 1.54) is 12.1 Å². The van der Waals surface area contributed by atoms with Gasteiger partial charge in [-0.25, -0.2) is 13.8 Å². The van der Waals surface area contributed by atoms with Crippen LogP contribution in [0.15, 0.2) is 41.4 Å². The molecule has 0 unspecified atom stereocenters. The first kappa shape index (κ1) is 21.0. The Hall–Kier alpha value is -2.70. The lowest BCUT2D eigenvalue weighted by Crippen LogP contribution is -2.49. The third-order valence-electron chi connectivity index (χ3n) is 5.04. The molecule has 2 heterocycles. The van der Waals surface area contributed by atoms with Gasteiger partial charge in [0.05, 0.1) is 0 Å². The summed E-state index contributed by atoms with van der Waals surface area (Å²) >= 11 is 0. The molecule has 0 aliphatic carbocycles. The van der Waals surface area contributed by atoms with Gasteiger partial charge in [0.25, 0.3) is 0 Å². The zero-order valence-corrected chi connectivity index (χ0v) is 17.1. The van der Waals surface area contributed by atoms with E-state index in [-0.39, 0.29) is 0 Å². The summed E-state index contributed by atoms with van der Waals surface area (Å²) in [4.78, 5) is 11.5. The van der Waals surface area contributed by atoms with Crippen molar-refractivity contribution in [1.29, 1.82) is 0 Å². The fraction of sp³-hybridized carbons (Fsp3) is 0.455. The first-order chi connectivity index (χ1) is 14.0. The minimum absolute atomic E-state index is 0.330. The third-order valence-corrected chi connectivity index (χ3v) is 5.04. The van der Waals surface area contributed by atoms with Crippen LogP contribution in [-0.2, 0) is 6.42 Å². The summed E-state index contributed by atoms with van der Waals surface area (Å²) < 4.78 is 26.8. The first-order valence-corrected chi connectivity index (χ1v) is 10.2. The van der Waals surface area contributed by atoms with Crippen molar-refractivity contribution in [2.75, 3.05) is 31.1 Å². The number of guanidine groups is 1. The Balaban J connectivity index is 1.52. The lowest BCUT2D eigenvalue weighted by atomic mass is 10.1. The van der Waals surface area contributed by atoms with Crippen molar-refractivity contribution in [3.8, 4) is 0 Å². The van der Waals surface area contributed by atoms with Gasteiger partial charge >= 0.3 is 0 Å². The van der Waals surface area contributed by atoms with E-state index in [1.54, 1.807) is 0 Å². The topological polar surface area (TPSA) is 52.6 Å². The van der Waals surface area contributed by atoms with Gasteiger partial charge in [-0.15, -0.1) is 0 Å². The van der Waals surface area contributed by atoms with Gasteiger partial charge in [-0.05, 0) is 56.9 Å². The number of nitrogens with one attached hydrogen (secondary N) is 2. The molecule has 0 spiro atoms. The van der Waals surface area contributed by atoms with Crippen LogP contribution in [0.1, 0.15) is 31.0 Å². The molecule has 5 nitrogen and oxygen atoms in total. The van der Waals surface area contributed by atoms with Crippen LogP contribution in [-0.4, -0.2) is 43.2 Å². The summed E-state index contributed by atoms with van der Waals surface area (Å²) in [7, 11) is 0. The molecular formula is C22H29F2N5. The van der Waals surface area contributed by atoms with Crippen LogP contribution in [0.3, 0.4) is 0 Å². The molecule has 1 saturated heterocycles. The number of rotatable bonds is 6. The molecule has 0 atom stereocenters. The number of aromatic nitrogens is 1. The van der Waals surface area contributed by atoms with Gasteiger partial charge in [-0.1, -0.05) is 12.1 Å². The molecule has 1 aliphatic heterocycles. The highest BCUT2D eigenvalue weighted by molar-refractivity contribution is 5.80. The van der Waals surface area contributed by atoms with Gasteiger partial charge in [-0.2, -0.15) is 0 Å². The molecule has 7 heteroatoms. The second-order valence-electron chi connectivity index (χ2n) is 7.29. The average Bonchev–Trinajstić information content (AvgIpc) is 2.70. The molecule has 0 saturated carbocycles. The first-order valence-electron chi connectivity index (χ1n) is 10.2. The molecule has 1 fully saturated rings. The molecule has 2 aromatic rings. The predicted molar refractivity (Wildman–Crippen MR) is 113 cm³/mol. The number of aryl methyl sites for hydroxylation is 1. The average molecular weight is 402 g/mol. The van der Waals surface area contributed by atoms with Crippen LogP contribution in [0.25, 0.3) is 0 Å². The number of anilines is 1. The Morgan fingerprint density at radius 3 is 2.69 bits per heavy atom. The van der Waals surface area contributed by atoms with Crippen molar-refractivity contribution >= 4 is 11.8 Å². The van der Waals surface area contributed by atoms with Gasteiger partial charge in [0.2, 0.25) is 0 Å². The maximum atomic E-state index is 13.8. The smallest absolute Gasteiger partial charge is 0.191 e. The van der Waals surface area contributed by atoms with E-state index in [4.69, 9.17) is 0 Å². The molecule has 29 heavy (non-hydrogen) atoms. The second kappa shape index (κ2) is 10.2. The van der Waals surface area contributed by atoms with Crippen molar-refractivity contribution in [3.05, 3.63) is 59.3 Å². The Bertz CT molecular complexity index is 832. The Morgan fingerprint density at radius 2 is 2.00 bits per heavy atom. The minimum Gasteiger partial charge on any atom is -0.357 e. The second-order valence-corrected chi connectivity index (χ2v) is 7.29. The molecule has 1 aliphatic rings. The van der Waals surface area contributed by atoms with Gasteiger partial charge in [0.15, 0.2) is 5.96 Å². The summed E-state index contributed by atoms with van der Waals surface area (Å²) in [5.41, 5.74) is 1.51. The zero-order valence-electron chi connectivity index (χ0n) is 17.1. The Labute approximate surface area is 171 Å². The van der Waals surface area contributed by atoms with E-state index in [2.05, 4.69) is 31.6 Å². The van der Waals surface area contributed by atoms with Gasteiger partial charge in [-0.3, -0.25) is 4.99 Å². The minimum atomic E-state index is -0.558. The number of hydrogen-bond donors (Lipinski definition) is 2. The van der Waals surface area contributed by atoms with E-state index < -0.39 is 11.6 Å². The standard InChI is InChI=1S/C22H29F2N5/c1-3-25-22(26-12-9-17-7-8-18(23)15-20(17)24)28-19-10-13-29(14-11-19)21-6-4-5-16(2)27-21/h4-8,15,19H,3,9-14H2,1-2H3,(H2,25,26,28). The molecular weight excluding hydrogens is 372 g/mol. The van der Waals surface area contributed by atoms with Crippen LogP contribution in [0.5, 0.6) is 0 Å². The summed E-state index contributed by atoms with van der Waals surface area (Å²) in [6, 6.07) is 10.1. The number of benzene rings is 1. The SMILES string of the molecule is CCNC(=NCCc1ccc(F)cc1F)NC1CCN(c2cccc(C)n2)CC1. The van der Waals surface area contributed by atoms with Crippen LogP contribution in [0.4, 0.5) is 14.6 Å². The van der Waals surface area contributed by atoms with Crippen molar-refractivity contribution in [1.82, 2.24) is 15.6 Å². The van der Waals surface area contributed by atoms with Crippen LogP contribution in [0.2, 0.25) is 0 Å². The number of pyridine rings is 1. The maximum Gasteiger partial charge on any atom is 0.191 e. The maximum absolute atomic E-state index is 13.8. The van der Waals surface area contributed by atoms with Gasteiger partial charge < -0.3 is 15.5 Å². The highest BCUT2D eigenvalue weighted by Gasteiger charge is 2.21. The summed E-state index contributed by atoms with van der Waals surface area (Å²) in [5, 5.41) is 6.74. The highest BCUT2D eigenvalue weighted by Crippen LogP contribution is 2.18. The third kappa shape index (κ3) is 6.14. The largest absolute Gasteiger partial charge is 0.357 e. The van der Waals surface area contributed by atoms with Crippen molar-refractivity contribution < 1.29 is 8.78 Å². The van der Waals surface area contributed by atoms with Gasteiger partial charge in [0.1, 0.15) is 17.5 Å². The molecule has 1 aromatic heterocycles. The van der Waals surface area contributed by atoms with Crippen LogP contribution in [0, 0.1) is 18.6 Å². The van der Waals surface area contributed by atoms with Crippen molar-refractivity contribution in [3.63, 3.8) is 0 Å². The summed E-state index contributed by atoms with van der Waals surface area (Å²) in [6.07, 6.45) is 2.42. The normalized spacial score (nSPS) is 15.4. The number of nitrogens with zero attached hydrogens (tertiary/aromatic N) is 3. The molecule has 0 bridgehead atoms. The molecule has 2 N–H and O–H groups in total. The van der Waals surface area contributed by atoms with Crippen LogP contribution >= 0.6 is 0 Å². The van der Waals surface area contributed by atoms with E-state index in [9.17, 15) is 8.78 Å². The van der Waals surface area contributed by atoms with Crippen LogP contribution < -0.4 is 15.5 Å². The molecule has 156 valence electrons. The number of piperidine rings is 1. The van der Waals surface area contributed by atoms with E-state index in [0.717, 1.165) is 56.0 Å². The van der Waals surface area contributed by atoms with E-state index in [0.29, 0.717) is 24.6 Å².